The van der Waals surface area contributed by atoms with Crippen molar-refractivity contribution in [1.29, 1.82) is 0 Å². The lowest BCUT2D eigenvalue weighted by Crippen LogP contribution is -2.43. The first kappa shape index (κ1) is 13.4. The molecular formula is C9H19N3O3S. The van der Waals surface area contributed by atoms with Gasteiger partial charge in [-0.25, -0.2) is 4.72 Å². The van der Waals surface area contributed by atoms with Crippen LogP contribution in [-0.2, 0) is 15.0 Å². The van der Waals surface area contributed by atoms with Gasteiger partial charge in [-0.1, -0.05) is 0 Å². The molecule has 1 aliphatic heterocycles. The summed E-state index contributed by atoms with van der Waals surface area (Å²) in [6.45, 7) is 1.46. The fraction of sp³-hybridized carbons (Fsp3) is 0.889. The standard InChI is InChI=1S/C9H19N3O3S/c1-11(2)16(14,15)10-6-8-12-7-4-3-5-9(12)13/h10H,3-8H2,1-2H3. The maximum absolute atomic E-state index is 11.4. The van der Waals surface area contributed by atoms with Crippen molar-refractivity contribution in [3.63, 3.8) is 0 Å². The van der Waals surface area contributed by atoms with Crippen LogP contribution in [0.1, 0.15) is 19.3 Å². The van der Waals surface area contributed by atoms with Crippen LogP contribution in [0.5, 0.6) is 0 Å². The van der Waals surface area contributed by atoms with Gasteiger partial charge in [0, 0.05) is 40.2 Å². The minimum atomic E-state index is -3.37. The number of nitrogens with one attached hydrogen (secondary N) is 1. The van der Waals surface area contributed by atoms with E-state index in [1.807, 2.05) is 0 Å². The fourth-order valence-corrected chi connectivity index (χ4v) is 2.14. The monoisotopic (exact) mass is 249 g/mol. The first-order valence-electron chi connectivity index (χ1n) is 5.38. The van der Waals surface area contributed by atoms with E-state index >= 15 is 0 Å². The molecule has 0 spiro atoms. The molecule has 1 amide bonds. The number of piperidine rings is 1. The highest BCUT2D eigenvalue weighted by Gasteiger charge is 2.18. The summed E-state index contributed by atoms with van der Waals surface area (Å²) in [4.78, 5) is 13.1. The van der Waals surface area contributed by atoms with E-state index < -0.39 is 10.2 Å². The second-order valence-electron chi connectivity index (χ2n) is 4.02. The molecule has 0 bridgehead atoms. The van der Waals surface area contributed by atoms with Gasteiger partial charge in [-0.15, -0.1) is 0 Å². The summed E-state index contributed by atoms with van der Waals surface area (Å²) in [6, 6.07) is 0. The quantitative estimate of drug-likeness (QED) is 0.707. The summed E-state index contributed by atoms with van der Waals surface area (Å²) < 4.78 is 26.3. The Kier molecular flexibility index (Phi) is 4.69. The zero-order chi connectivity index (χ0) is 12.2. The first-order valence-corrected chi connectivity index (χ1v) is 6.82. The molecule has 0 saturated carbocycles. The number of amides is 1. The van der Waals surface area contributed by atoms with Crippen LogP contribution in [0.4, 0.5) is 0 Å². The molecule has 0 unspecified atom stereocenters. The van der Waals surface area contributed by atoms with Crippen molar-refractivity contribution in [3.05, 3.63) is 0 Å². The lowest BCUT2D eigenvalue weighted by atomic mass is 10.1. The van der Waals surface area contributed by atoms with Crippen molar-refractivity contribution in [1.82, 2.24) is 13.9 Å². The van der Waals surface area contributed by atoms with Crippen LogP contribution in [0.25, 0.3) is 0 Å². The first-order chi connectivity index (χ1) is 7.43. The van der Waals surface area contributed by atoms with E-state index in [1.54, 1.807) is 4.90 Å². The van der Waals surface area contributed by atoms with Gasteiger partial charge in [0.05, 0.1) is 0 Å². The molecule has 0 aromatic carbocycles. The molecule has 94 valence electrons. The van der Waals surface area contributed by atoms with Gasteiger partial charge >= 0.3 is 0 Å². The number of rotatable bonds is 5. The Labute approximate surface area is 96.8 Å². The molecule has 6 nitrogen and oxygen atoms in total. The Bertz CT molecular complexity index is 340. The lowest BCUT2D eigenvalue weighted by Gasteiger charge is -2.26. The van der Waals surface area contributed by atoms with Crippen LogP contribution in [0.3, 0.4) is 0 Å². The molecule has 0 atom stereocenters. The smallest absolute Gasteiger partial charge is 0.278 e. The highest BCUT2D eigenvalue weighted by Crippen LogP contribution is 2.09. The van der Waals surface area contributed by atoms with Crippen LogP contribution in [0.15, 0.2) is 0 Å². The summed E-state index contributed by atoms with van der Waals surface area (Å²) >= 11 is 0. The third-order valence-electron chi connectivity index (χ3n) is 2.57. The second kappa shape index (κ2) is 5.60. The average molecular weight is 249 g/mol. The Balaban J connectivity index is 2.32. The molecule has 1 saturated heterocycles. The zero-order valence-electron chi connectivity index (χ0n) is 9.77. The van der Waals surface area contributed by atoms with Crippen LogP contribution >= 0.6 is 0 Å². The second-order valence-corrected chi connectivity index (χ2v) is 5.99. The largest absolute Gasteiger partial charge is 0.341 e. The predicted molar refractivity (Wildman–Crippen MR) is 61.0 cm³/mol. The van der Waals surface area contributed by atoms with Crippen molar-refractivity contribution in [3.8, 4) is 0 Å². The van der Waals surface area contributed by atoms with E-state index in [0.29, 0.717) is 13.0 Å². The van der Waals surface area contributed by atoms with Crippen LogP contribution in [0, 0.1) is 0 Å². The maximum Gasteiger partial charge on any atom is 0.278 e. The van der Waals surface area contributed by atoms with Gasteiger partial charge in [-0.05, 0) is 12.8 Å². The average Bonchev–Trinajstić information content (AvgIpc) is 2.20. The van der Waals surface area contributed by atoms with Gasteiger partial charge in [0.2, 0.25) is 5.91 Å². The fourth-order valence-electron chi connectivity index (χ4n) is 1.54. The summed E-state index contributed by atoms with van der Waals surface area (Å²) in [7, 11) is -0.438. The SMILES string of the molecule is CN(C)S(=O)(=O)NCCN1CCCCC1=O. The van der Waals surface area contributed by atoms with E-state index in [0.717, 1.165) is 23.7 Å². The normalized spacial score (nSPS) is 18.2. The molecule has 1 N–H and O–H groups in total. The van der Waals surface area contributed by atoms with Gasteiger partial charge in [-0.2, -0.15) is 12.7 Å². The van der Waals surface area contributed by atoms with E-state index in [-0.39, 0.29) is 12.5 Å². The lowest BCUT2D eigenvalue weighted by molar-refractivity contribution is -0.133. The minimum absolute atomic E-state index is 0.121. The van der Waals surface area contributed by atoms with E-state index in [1.165, 1.54) is 14.1 Å². The molecule has 0 radical (unpaired) electrons. The van der Waals surface area contributed by atoms with Gasteiger partial charge in [0.15, 0.2) is 0 Å². The highest BCUT2D eigenvalue weighted by molar-refractivity contribution is 7.87. The molecular weight excluding hydrogens is 230 g/mol. The Morgan fingerprint density at radius 3 is 2.62 bits per heavy atom. The van der Waals surface area contributed by atoms with Crippen molar-refractivity contribution in [2.45, 2.75) is 19.3 Å². The number of carbonyl (C=O) groups excluding carboxylic acids is 1. The van der Waals surface area contributed by atoms with Gasteiger partial charge in [0.1, 0.15) is 0 Å². The Morgan fingerprint density at radius 2 is 2.06 bits per heavy atom. The third kappa shape index (κ3) is 3.73. The number of hydrogen-bond donors (Lipinski definition) is 1. The molecule has 1 aliphatic rings. The number of nitrogens with zero attached hydrogens (tertiary/aromatic N) is 2. The van der Waals surface area contributed by atoms with Crippen LogP contribution < -0.4 is 4.72 Å². The van der Waals surface area contributed by atoms with Crippen molar-refractivity contribution >= 4 is 16.1 Å². The number of hydrogen-bond acceptors (Lipinski definition) is 3. The molecule has 16 heavy (non-hydrogen) atoms. The molecule has 1 heterocycles. The third-order valence-corrected chi connectivity index (χ3v) is 4.10. The maximum atomic E-state index is 11.4. The molecule has 0 aromatic heterocycles. The molecule has 1 rings (SSSR count). The van der Waals surface area contributed by atoms with Crippen molar-refractivity contribution in [2.24, 2.45) is 0 Å². The van der Waals surface area contributed by atoms with E-state index in [9.17, 15) is 13.2 Å². The van der Waals surface area contributed by atoms with Gasteiger partial charge in [-0.3, -0.25) is 4.79 Å². The van der Waals surface area contributed by atoms with Crippen molar-refractivity contribution in [2.75, 3.05) is 33.7 Å². The summed E-state index contributed by atoms with van der Waals surface area (Å²) in [5.41, 5.74) is 0. The number of carbonyl (C=O) groups is 1. The van der Waals surface area contributed by atoms with E-state index in [4.69, 9.17) is 0 Å². The van der Waals surface area contributed by atoms with Crippen LogP contribution in [-0.4, -0.2) is 57.3 Å². The Morgan fingerprint density at radius 1 is 1.38 bits per heavy atom. The highest BCUT2D eigenvalue weighted by atomic mass is 32.2. The topological polar surface area (TPSA) is 69.7 Å². The summed E-state index contributed by atoms with van der Waals surface area (Å²) in [5, 5.41) is 0. The van der Waals surface area contributed by atoms with E-state index in [2.05, 4.69) is 4.72 Å². The van der Waals surface area contributed by atoms with Gasteiger partial charge in [0.25, 0.3) is 10.2 Å². The molecule has 1 fully saturated rings. The molecule has 7 heteroatoms. The molecule has 0 aliphatic carbocycles. The summed E-state index contributed by atoms with van der Waals surface area (Å²) in [5.74, 6) is 0.121. The Hall–Kier alpha value is -0.660. The zero-order valence-corrected chi connectivity index (χ0v) is 10.6. The summed E-state index contributed by atoms with van der Waals surface area (Å²) in [6.07, 6.45) is 2.53. The van der Waals surface area contributed by atoms with Crippen molar-refractivity contribution < 1.29 is 13.2 Å². The van der Waals surface area contributed by atoms with Gasteiger partial charge < -0.3 is 4.90 Å². The molecule has 0 aromatic rings. The predicted octanol–water partition coefficient (Wildman–Crippen LogP) is -0.605. The number of likely N-dealkylation sites (tertiary alicyclic amines) is 1. The van der Waals surface area contributed by atoms with Crippen LogP contribution in [0.2, 0.25) is 0 Å². The minimum Gasteiger partial charge on any atom is -0.341 e.